The van der Waals surface area contributed by atoms with Crippen LogP contribution in [0.2, 0.25) is 5.02 Å². The zero-order chi connectivity index (χ0) is 21.7. The minimum atomic E-state index is -0.574. The van der Waals surface area contributed by atoms with E-state index < -0.39 is 6.04 Å². The van der Waals surface area contributed by atoms with E-state index in [4.69, 9.17) is 16.3 Å². The van der Waals surface area contributed by atoms with Gasteiger partial charge in [0.05, 0.1) is 17.5 Å². The van der Waals surface area contributed by atoms with Gasteiger partial charge in [-0.25, -0.2) is 0 Å². The number of carbonyl (C=O) groups excluding carboxylic acids is 2. The molecule has 1 fully saturated rings. The second-order valence-electron chi connectivity index (χ2n) is 8.86. The van der Waals surface area contributed by atoms with Crippen LogP contribution in [0.3, 0.4) is 0 Å². The van der Waals surface area contributed by atoms with Gasteiger partial charge in [-0.1, -0.05) is 55.3 Å². The number of anilines is 1. The molecule has 31 heavy (non-hydrogen) atoms. The number of fused-ring (bicyclic) bond motifs is 1. The molecule has 0 saturated heterocycles. The van der Waals surface area contributed by atoms with Crippen LogP contribution in [-0.2, 0) is 20.7 Å². The van der Waals surface area contributed by atoms with Crippen molar-refractivity contribution in [1.29, 1.82) is 0 Å². The van der Waals surface area contributed by atoms with Crippen molar-refractivity contribution in [3.8, 4) is 0 Å². The number of rotatable bonds is 4. The summed E-state index contributed by atoms with van der Waals surface area (Å²) < 4.78 is 6.19. The first-order valence-electron chi connectivity index (χ1n) is 10.8. The molecule has 1 aromatic heterocycles. The second kappa shape index (κ2) is 8.02. The first-order valence-corrected chi connectivity index (χ1v) is 12.0. The van der Waals surface area contributed by atoms with Crippen molar-refractivity contribution in [2.45, 2.75) is 58.1 Å². The highest BCUT2D eigenvalue weighted by Gasteiger charge is 2.53. The predicted octanol–water partition coefficient (Wildman–Crippen LogP) is 4.89. The van der Waals surface area contributed by atoms with Gasteiger partial charge in [0, 0.05) is 11.4 Å². The molecule has 2 aromatic rings. The monoisotopic (exact) mass is 457 g/mol. The molecule has 6 nitrogen and oxygen atoms in total. The van der Waals surface area contributed by atoms with Gasteiger partial charge in [-0.2, -0.15) is 0 Å². The van der Waals surface area contributed by atoms with Crippen LogP contribution in [0.25, 0.3) is 0 Å². The maximum absolute atomic E-state index is 13.6. The molecular formula is C23H24ClN3O3S. The van der Waals surface area contributed by atoms with Crippen molar-refractivity contribution < 1.29 is 14.3 Å². The Morgan fingerprint density at radius 3 is 2.65 bits per heavy atom. The maximum atomic E-state index is 13.6. The molecule has 1 amide bonds. The van der Waals surface area contributed by atoms with Gasteiger partial charge in [-0.05, 0) is 42.9 Å². The first kappa shape index (κ1) is 20.6. The van der Waals surface area contributed by atoms with Crippen molar-refractivity contribution in [2.75, 3.05) is 4.90 Å². The maximum Gasteiger partial charge on any atom is 0.296 e. The smallest absolute Gasteiger partial charge is 0.296 e. The largest absolute Gasteiger partial charge is 0.483 e. The Balaban J connectivity index is 1.60. The summed E-state index contributed by atoms with van der Waals surface area (Å²) in [6.07, 6.45) is 4.23. The van der Waals surface area contributed by atoms with E-state index in [0.29, 0.717) is 21.6 Å². The molecule has 8 heteroatoms. The van der Waals surface area contributed by atoms with Gasteiger partial charge in [-0.15, -0.1) is 10.2 Å². The normalized spacial score (nSPS) is 25.7. The average Bonchev–Trinajstić information content (AvgIpc) is 3.31. The van der Waals surface area contributed by atoms with Crippen LogP contribution in [0.5, 0.6) is 0 Å². The number of hydrogen-bond acceptors (Lipinski definition) is 6. The number of carbonyl (C=O) groups is 2. The molecule has 0 bridgehead atoms. The van der Waals surface area contributed by atoms with Gasteiger partial charge in [0.2, 0.25) is 5.13 Å². The van der Waals surface area contributed by atoms with Crippen molar-refractivity contribution in [3.05, 3.63) is 51.2 Å². The Labute approximate surface area is 190 Å². The lowest BCUT2D eigenvalue weighted by Gasteiger charge is -2.35. The van der Waals surface area contributed by atoms with E-state index in [0.717, 1.165) is 42.7 Å². The Bertz CT molecular complexity index is 1060. The van der Waals surface area contributed by atoms with Gasteiger partial charge in [0.1, 0.15) is 11.1 Å². The number of ketones is 1. The summed E-state index contributed by atoms with van der Waals surface area (Å²) in [5, 5.41) is 10.6. The number of halogens is 1. The van der Waals surface area contributed by atoms with E-state index in [1.165, 1.54) is 11.3 Å². The second-order valence-corrected chi connectivity index (χ2v) is 10.3. The molecule has 1 saturated carbocycles. The number of ether oxygens (including phenoxy) is 1. The predicted molar refractivity (Wildman–Crippen MR) is 119 cm³/mol. The van der Waals surface area contributed by atoms with Gasteiger partial charge < -0.3 is 4.74 Å². The Morgan fingerprint density at radius 1 is 1.16 bits per heavy atom. The van der Waals surface area contributed by atoms with Crippen LogP contribution < -0.4 is 4.90 Å². The third kappa shape index (κ3) is 3.57. The van der Waals surface area contributed by atoms with Crippen molar-refractivity contribution in [3.63, 3.8) is 0 Å². The van der Waals surface area contributed by atoms with Crippen LogP contribution in [0, 0.1) is 11.8 Å². The van der Waals surface area contributed by atoms with E-state index in [9.17, 15) is 9.59 Å². The number of Topliss-reactive ketones (excluding diaryl/α,β-unsaturated/α-hetero) is 1. The minimum absolute atomic E-state index is 0.0358. The van der Waals surface area contributed by atoms with Gasteiger partial charge >= 0.3 is 0 Å². The van der Waals surface area contributed by atoms with Gasteiger partial charge in [0.25, 0.3) is 5.91 Å². The topological polar surface area (TPSA) is 72.4 Å². The lowest BCUT2D eigenvalue weighted by Crippen LogP contribution is -2.39. The quantitative estimate of drug-likeness (QED) is 0.653. The fraction of sp³-hybridized carbons (Fsp3) is 0.478. The highest BCUT2D eigenvalue weighted by molar-refractivity contribution is 7.15. The summed E-state index contributed by atoms with van der Waals surface area (Å²) in [6, 6.07) is 6.70. The molecule has 3 aliphatic rings. The lowest BCUT2D eigenvalue weighted by molar-refractivity contribution is -0.131. The van der Waals surface area contributed by atoms with Crippen LogP contribution in [0.4, 0.5) is 5.13 Å². The van der Waals surface area contributed by atoms with Crippen LogP contribution in [0.15, 0.2) is 35.6 Å². The molecule has 3 heterocycles. The Hall–Kier alpha value is -2.25. The molecule has 5 rings (SSSR count). The van der Waals surface area contributed by atoms with Crippen molar-refractivity contribution in [2.24, 2.45) is 11.8 Å². The molecule has 1 aliphatic carbocycles. The summed E-state index contributed by atoms with van der Waals surface area (Å²) in [7, 11) is 0. The highest BCUT2D eigenvalue weighted by atomic mass is 35.5. The SMILES string of the molecule is CC(C)Cc1nnc(N2C(=O)C3=C(C(=O)C4CCCCC4O3)C2c2ccc(Cl)cc2)s1. The Morgan fingerprint density at radius 2 is 1.90 bits per heavy atom. The molecule has 0 N–H and O–H groups in total. The molecule has 2 aliphatic heterocycles. The summed E-state index contributed by atoms with van der Waals surface area (Å²) in [6.45, 7) is 4.24. The summed E-state index contributed by atoms with van der Waals surface area (Å²) in [4.78, 5) is 28.7. The van der Waals surface area contributed by atoms with Crippen LogP contribution in [-0.4, -0.2) is 28.0 Å². The molecule has 0 radical (unpaired) electrons. The first-order chi connectivity index (χ1) is 14.9. The zero-order valence-electron chi connectivity index (χ0n) is 17.5. The summed E-state index contributed by atoms with van der Waals surface area (Å²) >= 11 is 7.50. The Kier molecular flexibility index (Phi) is 5.34. The molecule has 1 aromatic carbocycles. The van der Waals surface area contributed by atoms with E-state index in [1.54, 1.807) is 17.0 Å². The van der Waals surface area contributed by atoms with Crippen molar-refractivity contribution >= 4 is 39.8 Å². The number of benzene rings is 1. The molecule has 162 valence electrons. The van der Waals surface area contributed by atoms with Gasteiger partial charge in [-0.3, -0.25) is 14.5 Å². The highest BCUT2D eigenvalue weighted by Crippen LogP contribution is 2.48. The number of aromatic nitrogens is 2. The zero-order valence-corrected chi connectivity index (χ0v) is 19.1. The van der Waals surface area contributed by atoms with Gasteiger partial charge in [0.15, 0.2) is 11.5 Å². The summed E-state index contributed by atoms with van der Waals surface area (Å²) in [5.74, 6) is 0.171. The molecule has 0 spiro atoms. The third-order valence-electron chi connectivity index (χ3n) is 6.19. The number of amides is 1. The standard InChI is InChI=1S/C23H24ClN3O3S/c1-12(2)11-17-25-26-23(31-17)27-19(13-7-9-14(24)10-8-13)18-20(28)15-5-3-4-6-16(15)30-21(18)22(27)29/h7-10,12,15-16,19H,3-6,11H2,1-2H3. The molecule has 3 atom stereocenters. The van der Waals surface area contributed by atoms with Crippen LogP contribution in [0.1, 0.15) is 56.1 Å². The number of nitrogens with zero attached hydrogens (tertiary/aromatic N) is 3. The van der Waals surface area contributed by atoms with E-state index in [1.807, 2.05) is 12.1 Å². The third-order valence-corrected chi connectivity index (χ3v) is 7.39. The van der Waals surface area contributed by atoms with E-state index in [-0.39, 0.29) is 29.5 Å². The lowest BCUT2D eigenvalue weighted by atomic mass is 9.77. The average molecular weight is 458 g/mol. The van der Waals surface area contributed by atoms with E-state index in [2.05, 4.69) is 24.0 Å². The fourth-order valence-corrected chi connectivity index (χ4v) is 5.98. The summed E-state index contributed by atoms with van der Waals surface area (Å²) in [5.41, 5.74) is 1.27. The minimum Gasteiger partial charge on any atom is -0.483 e. The number of hydrogen-bond donors (Lipinski definition) is 0. The van der Waals surface area contributed by atoms with Crippen molar-refractivity contribution in [1.82, 2.24) is 10.2 Å². The molecule has 3 unspecified atom stereocenters. The molecular weight excluding hydrogens is 434 g/mol. The van der Waals surface area contributed by atoms with Crippen LogP contribution >= 0.6 is 22.9 Å². The van der Waals surface area contributed by atoms with E-state index >= 15 is 0 Å². The fourth-order valence-electron chi connectivity index (χ4n) is 4.78.